The number of guanidine groups is 1. The smallest absolute Gasteiger partial charge is 0.242 e. The second-order valence-electron chi connectivity index (χ2n) is 6.39. The summed E-state index contributed by atoms with van der Waals surface area (Å²) in [6, 6.07) is 7.60. The predicted molar refractivity (Wildman–Crippen MR) is 120 cm³/mol. The van der Waals surface area contributed by atoms with Crippen LogP contribution < -0.4 is 5.32 Å². The van der Waals surface area contributed by atoms with Gasteiger partial charge < -0.3 is 19.7 Å². The van der Waals surface area contributed by atoms with E-state index in [0.29, 0.717) is 31.2 Å². The van der Waals surface area contributed by atoms with E-state index in [2.05, 4.69) is 20.5 Å². The summed E-state index contributed by atoms with van der Waals surface area (Å²) in [6.07, 6.45) is 1.65. The third-order valence-electron chi connectivity index (χ3n) is 4.42. The first-order chi connectivity index (χ1) is 13.1. The molecule has 0 bridgehead atoms. The maximum atomic E-state index is 12.6. The van der Waals surface area contributed by atoms with E-state index >= 15 is 0 Å². The number of piperazine rings is 1. The number of aromatic nitrogens is 3. The van der Waals surface area contributed by atoms with Crippen molar-refractivity contribution in [2.45, 2.75) is 20.0 Å². The minimum Gasteiger partial charge on any atom is -0.356 e. The highest BCUT2D eigenvalue weighted by Gasteiger charge is 2.26. The number of carbonyl (C=O) groups is 1. The maximum Gasteiger partial charge on any atom is 0.242 e. The number of aryl methyl sites for hydroxylation is 1. The van der Waals surface area contributed by atoms with Crippen LogP contribution in [0, 0.1) is 0 Å². The molecule has 0 aliphatic carbocycles. The second kappa shape index (κ2) is 10.6. The molecule has 1 N–H and O–H groups in total. The normalized spacial score (nSPS) is 14.8. The van der Waals surface area contributed by atoms with Crippen molar-refractivity contribution >= 4 is 47.4 Å². The molecule has 0 atom stereocenters. The van der Waals surface area contributed by atoms with Gasteiger partial charge in [-0.15, -0.1) is 34.2 Å². The molecular weight excluding hydrogens is 493 g/mol. The summed E-state index contributed by atoms with van der Waals surface area (Å²) in [5.74, 6) is 1.58. The Morgan fingerprint density at radius 2 is 2.04 bits per heavy atom. The zero-order valence-corrected chi connectivity index (χ0v) is 19.1. The van der Waals surface area contributed by atoms with Crippen LogP contribution in [0.5, 0.6) is 0 Å². The zero-order valence-electron chi connectivity index (χ0n) is 16.0. The molecule has 1 aliphatic heterocycles. The highest BCUT2D eigenvalue weighted by atomic mass is 127. The van der Waals surface area contributed by atoms with Crippen LogP contribution in [0.15, 0.2) is 35.6 Å². The van der Waals surface area contributed by atoms with Gasteiger partial charge in [-0.25, -0.2) is 4.99 Å². The Balaban J connectivity index is 0.00000280. The number of rotatable bonds is 5. The summed E-state index contributed by atoms with van der Waals surface area (Å²) >= 11 is 5.93. The molecule has 2 aromatic rings. The van der Waals surface area contributed by atoms with Gasteiger partial charge in [-0.3, -0.25) is 4.79 Å². The average molecular weight is 518 g/mol. The minimum absolute atomic E-state index is 0. The van der Waals surface area contributed by atoms with Crippen LogP contribution in [0.1, 0.15) is 18.3 Å². The molecule has 10 heteroatoms. The van der Waals surface area contributed by atoms with Crippen molar-refractivity contribution in [2.24, 2.45) is 12.0 Å². The molecular formula is C18H25ClIN7O. The summed E-state index contributed by atoms with van der Waals surface area (Å²) in [4.78, 5) is 21.1. The van der Waals surface area contributed by atoms with Gasteiger partial charge in [0.25, 0.3) is 0 Å². The average Bonchev–Trinajstić information content (AvgIpc) is 3.07. The highest BCUT2D eigenvalue weighted by Crippen LogP contribution is 2.13. The molecule has 0 spiro atoms. The second-order valence-corrected chi connectivity index (χ2v) is 6.83. The van der Waals surface area contributed by atoms with E-state index in [1.165, 1.54) is 0 Å². The number of aliphatic imine (C=N–C) groups is 1. The van der Waals surface area contributed by atoms with Gasteiger partial charge in [0.1, 0.15) is 12.9 Å². The monoisotopic (exact) mass is 517 g/mol. The van der Waals surface area contributed by atoms with Crippen LogP contribution in [0.2, 0.25) is 5.02 Å². The fourth-order valence-corrected chi connectivity index (χ4v) is 3.01. The van der Waals surface area contributed by atoms with Crippen LogP contribution in [-0.4, -0.2) is 62.6 Å². The van der Waals surface area contributed by atoms with Crippen molar-refractivity contribution in [2.75, 3.05) is 26.2 Å². The van der Waals surface area contributed by atoms with Crippen LogP contribution >= 0.6 is 35.6 Å². The number of hydrogen-bond acceptors (Lipinski definition) is 4. The van der Waals surface area contributed by atoms with E-state index in [1.54, 1.807) is 6.33 Å². The first-order valence-corrected chi connectivity index (χ1v) is 9.33. The lowest BCUT2D eigenvalue weighted by molar-refractivity contribution is -0.135. The van der Waals surface area contributed by atoms with E-state index in [4.69, 9.17) is 11.6 Å². The molecule has 0 unspecified atom stereocenters. The van der Waals surface area contributed by atoms with Crippen molar-refractivity contribution in [1.29, 1.82) is 0 Å². The third kappa shape index (κ3) is 5.81. The third-order valence-corrected chi connectivity index (χ3v) is 4.67. The van der Waals surface area contributed by atoms with E-state index in [-0.39, 0.29) is 29.9 Å². The fraction of sp³-hybridized carbons (Fsp3) is 0.444. The van der Waals surface area contributed by atoms with E-state index in [9.17, 15) is 4.79 Å². The molecule has 28 heavy (non-hydrogen) atoms. The lowest BCUT2D eigenvalue weighted by Gasteiger charge is -2.36. The summed E-state index contributed by atoms with van der Waals surface area (Å²) in [5.41, 5.74) is 1.07. The standard InChI is InChI=1S/C18H24ClN7O.HI/c1-3-20-18(21-10-16-23-22-13-24(16)2)26-9-8-25(17(27)12-26)11-14-4-6-15(19)7-5-14;/h4-7,13H,3,8-12H2,1-2H3,(H,20,21);1H. The number of benzene rings is 1. The molecule has 1 saturated heterocycles. The fourth-order valence-electron chi connectivity index (χ4n) is 2.89. The zero-order chi connectivity index (χ0) is 19.2. The van der Waals surface area contributed by atoms with Crippen LogP contribution in [0.25, 0.3) is 0 Å². The molecule has 1 aromatic heterocycles. The Morgan fingerprint density at radius 3 is 2.64 bits per heavy atom. The molecule has 1 aliphatic rings. The maximum absolute atomic E-state index is 12.6. The molecule has 0 saturated carbocycles. The Morgan fingerprint density at radius 1 is 1.29 bits per heavy atom. The molecule has 0 radical (unpaired) electrons. The summed E-state index contributed by atoms with van der Waals surface area (Å²) in [7, 11) is 1.89. The first-order valence-electron chi connectivity index (χ1n) is 8.95. The lowest BCUT2D eigenvalue weighted by Crippen LogP contribution is -2.54. The van der Waals surface area contributed by atoms with E-state index < -0.39 is 0 Å². The number of nitrogens with zero attached hydrogens (tertiary/aromatic N) is 6. The summed E-state index contributed by atoms with van der Waals surface area (Å²) in [5, 5.41) is 11.9. The molecule has 3 rings (SSSR count). The Kier molecular flexibility index (Phi) is 8.49. The van der Waals surface area contributed by atoms with Crippen molar-refractivity contribution in [3.8, 4) is 0 Å². The van der Waals surface area contributed by atoms with E-state index in [1.807, 2.05) is 52.6 Å². The van der Waals surface area contributed by atoms with Crippen LogP contribution in [-0.2, 0) is 24.9 Å². The molecule has 1 amide bonds. The van der Waals surface area contributed by atoms with Gasteiger partial charge in [0.05, 0.1) is 6.54 Å². The Labute approximate surface area is 187 Å². The predicted octanol–water partition coefficient (Wildman–Crippen LogP) is 1.90. The largest absolute Gasteiger partial charge is 0.356 e. The molecule has 8 nitrogen and oxygen atoms in total. The summed E-state index contributed by atoms with van der Waals surface area (Å²) in [6.45, 7) is 5.43. The van der Waals surface area contributed by atoms with Crippen LogP contribution in [0.3, 0.4) is 0 Å². The highest BCUT2D eigenvalue weighted by molar-refractivity contribution is 14.0. The number of hydrogen-bond donors (Lipinski definition) is 1. The number of carbonyl (C=O) groups excluding carboxylic acids is 1. The van der Waals surface area contributed by atoms with Gasteiger partial charge in [-0.1, -0.05) is 23.7 Å². The van der Waals surface area contributed by atoms with Crippen molar-refractivity contribution < 1.29 is 4.79 Å². The number of halogens is 2. The topological polar surface area (TPSA) is 78.7 Å². The van der Waals surface area contributed by atoms with Crippen molar-refractivity contribution in [3.05, 3.63) is 47.0 Å². The van der Waals surface area contributed by atoms with E-state index in [0.717, 1.165) is 30.4 Å². The Hall–Kier alpha value is -1.88. The van der Waals surface area contributed by atoms with Gasteiger partial charge in [-0.05, 0) is 24.6 Å². The number of nitrogens with one attached hydrogen (secondary N) is 1. The van der Waals surface area contributed by atoms with Crippen molar-refractivity contribution in [3.63, 3.8) is 0 Å². The number of amides is 1. The minimum atomic E-state index is 0. The Bertz CT molecular complexity index is 809. The molecule has 152 valence electrons. The van der Waals surface area contributed by atoms with Gasteiger partial charge in [-0.2, -0.15) is 0 Å². The van der Waals surface area contributed by atoms with Gasteiger partial charge in [0.15, 0.2) is 11.8 Å². The molecule has 1 fully saturated rings. The SMILES string of the molecule is CCNC(=NCc1nncn1C)N1CCN(Cc2ccc(Cl)cc2)C(=O)C1.I. The van der Waals surface area contributed by atoms with Crippen LogP contribution in [0.4, 0.5) is 0 Å². The van der Waals surface area contributed by atoms with Gasteiger partial charge >= 0.3 is 0 Å². The lowest BCUT2D eigenvalue weighted by atomic mass is 10.2. The van der Waals surface area contributed by atoms with Crippen molar-refractivity contribution in [1.82, 2.24) is 29.9 Å². The van der Waals surface area contributed by atoms with Gasteiger partial charge in [0.2, 0.25) is 5.91 Å². The summed E-state index contributed by atoms with van der Waals surface area (Å²) < 4.78 is 1.84. The molecule has 1 aromatic carbocycles. The van der Waals surface area contributed by atoms with Gasteiger partial charge in [0, 0.05) is 38.2 Å². The quantitative estimate of drug-likeness (QED) is 0.372. The first kappa shape index (κ1) is 22.4. The molecule has 2 heterocycles.